The van der Waals surface area contributed by atoms with Crippen molar-refractivity contribution in [2.75, 3.05) is 0 Å². The Hall–Kier alpha value is -2.57. The molecule has 7 rings (SSSR count). The van der Waals surface area contributed by atoms with Crippen LogP contribution in [0.15, 0.2) is 24.0 Å². The van der Waals surface area contributed by atoms with Crippen molar-refractivity contribution in [1.82, 2.24) is 4.98 Å². The second-order valence-electron chi connectivity index (χ2n) is 20.3. The number of fused-ring (bicyclic) bond motifs is 7. The van der Waals surface area contributed by atoms with Crippen LogP contribution in [-0.4, -0.2) is 85.6 Å². The van der Waals surface area contributed by atoms with Gasteiger partial charge in [0.25, 0.3) is 0 Å². The predicted molar refractivity (Wildman–Crippen MR) is 204 cm³/mol. The lowest BCUT2D eigenvalue weighted by molar-refractivity contribution is -0.325. The summed E-state index contributed by atoms with van der Waals surface area (Å²) >= 11 is 0. The van der Waals surface area contributed by atoms with Crippen LogP contribution in [-0.2, 0) is 36.7 Å². The standard InChI is InChI=1S/C44H65NO10/c1-8-24-21-45-22-25(24)11-15-43-16-13-31(54-37-34(49)32(47)33(48)35(55-37)36(50)51)40(4,5)29(43)12-14-42(7)30(43)10-9-27-28-20-39(2,3)19-26(23-46)44(28,38(52)53)18-17-41(27,42)6/h9,21-23,26,28-35,37,45,47-49H,8,10-20H2,1-7H3,(H,50,51)(H,52,53)/t26-,28+,29+,30+,31+,32+,33+,34-,35+,37-,41-,42-,43+,44-/m1/s1. The minimum absolute atomic E-state index is 0.118. The molecule has 1 saturated heterocycles. The largest absolute Gasteiger partial charge is 0.481 e. The Morgan fingerprint density at radius 3 is 2.27 bits per heavy atom. The summed E-state index contributed by atoms with van der Waals surface area (Å²) in [6.07, 6.45) is 8.47. The van der Waals surface area contributed by atoms with Gasteiger partial charge in [0.15, 0.2) is 12.4 Å². The molecule has 0 amide bonds. The Morgan fingerprint density at radius 1 is 0.909 bits per heavy atom. The first-order valence-corrected chi connectivity index (χ1v) is 20.9. The molecule has 0 aromatic carbocycles. The molecule has 1 aromatic rings. The van der Waals surface area contributed by atoms with Crippen LogP contribution in [0.4, 0.5) is 0 Å². The topological polar surface area (TPSA) is 187 Å². The average molecular weight is 768 g/mol. The summed E-state index contributed by atoms with van der Waals surface area (Å²) in [6, 6.07) is 0. The lowest BCUT2D eigenvalue weighted by atomic mass is 9.32. The monoisotopic (exact) mass is 767 g/mol. The van der Waals surface area contributed by atoms with Crippen LogP contribution >= 0.6 is 0 Å². The van der Waals surface area contributed by atoms with Gasteiger partial charge in [-0.1, -0.05) is 60.1 Å². The molecule has 0 bridgehead atoms. The summed E-state index contributed by atoms with van der Waals surface area (Å²) in [7, 11) is 0. The quantitative estimate of drug-likeness (QED) is 0.0978. The smallest absolute Gasteiger partial charge is 0.335 e. The van der Waals surface area contributed by atoms with Crippen molar-refractivity contribution in [3.8, 4) is 0 Å². The van der Waals surface area contributed by atoms with E-state index in [0.29, 0.717) is 19.3 Å². The number of carboxylic acids is 2. The second-order valence-corrected chi connectivity index (χ2v) is 20.3. The van der Waals surface area contributed by atoms with E-state index in [2.05, 4.69) is 71.9 Å². The van der Waals surface area contributed by atoms with Crippen LogP contribution in [0.5, 0.6) is 0 Å². The highest BCUT2D eigenvalue weighted by Crippen LogP contribution is 2.77. The van der Waals surface area contributed by atoms with Gasteiger partial charge in [-0.25, -0.2) is 4.79 Å². The summed E-state index contributed by atoms with van der Waals surface area (Å²) in [5.74, 6) is -2.51. The molecule has 0 unspecified atom stereocenters. The predicted octanol–water partition coefficient (Wildman–Crippen LogP) is 6.08. The van der Waals surface area contributed by atoms with E-state index in [1.165, 1.54) is 16.7 Å². The molecule has 4 saturated carbocycles. The third-order valence-electron chi connectivity index (χ3n) is 17.2. The van der Waals surface area contributed by atoms with E-state index in [1.807, 2.05) is 0 Å². The van der Waals surface area contributed by atoms with Crippen molar-refractivity contribution >= 4 is 18.2 Å². The number of carbonyl (C=O) groups is 3. The van der Waals surface area contributed by atoms with E-state index in [1.54, 1.807) is 0 Å². The molecule has 11 heteroatoms. The molecule has 5 fully saturated rings. The number of ether oxygens (including phenoxy) is 2. The number of aromatic amines is 1. The first kappa shape index (κ1) is 40.6. The molecular formula is C44H65NO10. The van der Waals surface area contributed by atoms with Gasteiger partial charge in [-0.15, -0.1) is 0 Å². The Kier molecular flexibility index (Phi) is 10.2. The number of aldehydes is 1. The summed E-state index contributed by atoms with van der Waals surface area (Å²) < 4.78 is 12.2. The van der Waals surface area contributed by atoms with Crippen molar-refractivity contribution in [2.24, 2.45) is 56.2 Å². The number of carbonyl (C=O) groups excluding carboxylic acids is 1. The first-order chi connectivity index (χ1) is 25.7. The fourth-order valence-electron chi connectivity index (χ4n) is 14.2. The number of allylic oxidation sites excluding steroid dienone is 2. The number of carboxylic acid groups (broad SMARTS) is 2. The fourth-order valence-corrected chi connectivity index (χ4v) is 14.2. The highest BCUT2D eigenvalue weighted by molar-refractivity contribution is 5.81. The minimum atomic E-state index is -1.79. The Labute approximate surface area is 325 Å². The number of aliphatic carboxylic acids is 2. The summed E-state index contributed by atoms with van der Waals surface area (Å²) in [5, 5.41) is 52.6. The zero-order valence-corrected chi connectivity index (χ0v) is 33.8. The zero-order chi connectivity index (χ0) is 40.1. The maximum Gasteiger partial charge on any atom is 0.335 e. The van der Waals surface area contributed by atoms with E-state index in [4.69, 9.17) is 9.47 Å². The lowest BCUT2D eigenvalue weighted by Crippen LogP contribution is -2.67. The van der Waals surface area contributed by atoms with E-state index in [9.17, 15) is 39.9 Å². The van der Waals surface area contributed by atoms with Crippen LogP contribution in [0.2, 0.25) is 0 Å². The SMILES string of the molecule is CCc1c[nH]cc1CC[C@]12CC[C@H](O[C@@H]3O[C@H](C(=O)O)[C@@H](O)[C@H](O)[C@H]3O)C(C)(C)[C@@H]1CC[C@]1(C)[C@@H]2CC=C2[C@@H]3CC(C)(C)C[C@H](C=O)[C@]3(C(=O)O)CC[C@]21C. The van der Waals surface area contributed by atoms with Gasteiger partial charge in [-0.3, -0.25) is 4.79 Å². The van der Waals surface area contributed by atoms with Gasteiger partial charge in [0, 0.05) is 18.3 Å². The van der Waals surface area contributed by atoms with Gasteiger partial charge in [0.1, 0.15) is 24.6 Å². The highest BCUT2D eigenvalue weighted by atomic mass is 16.7. The lowest BCUT2D eigenvalue weighted by Gasteiger charge is -2.72. The van der Waals surface area contributed by atoms with Crippen molar-refractivity contribution in [2.45, 2.75) is 162 Å². The molecule has 6 aliphatic rings. The third kappa shape index (κ3) is 5.86. The Bertz CT molecular complexity index is 1700. The summed E-state index contributed by atoms with van der Waals surface area (Å²) in [6.45, 7) is 15.9. The van der Waals surface area contributed by atoms with E-state index in [0.717, 1.165) is 64.1 Å². The highest BCUT2D eigenvalue weighted by Gasteiger charge is 2.71. The van der Waals surface area contributed by atoms with Crippen LogP contribution < -0.4 is 0 Å². The van der Waals surface area contributed by atoms with Crippen molar-refractivity contribution < 1.29 is 49.4 Å². The van der Waals surface area contributed by atoms with E-state index < -0.39 is 65.5 Å². The number of aliphatic hydroxyl groups is 3. The molecule has 2 heterocycles. The zero-order valence-electron chi connectivity index (χ0n) is 33.8. The fraction of sp³-hybridized carbons (Fsp3) is 0.795. The molecule has 5 aliphatic carbocycles. The van der Waals surface area contributed by atoms with E-state index >= 15 is 0 Å². The number of nitrogens with one attached hydrogen (secondary N) is 1. The van der Waals surface area contributed by atoms with Gasteiger partial charge in [-0.2, -0.15) is 0 Å². The Morgan fingerprint density at radius 2 is 1.62 bits per heavy atom. The third-order valence-corrected chi connectivity index (χ3v) is 17.2. The van der Waals surface area contributed by atoms with Crippen LogP contribution in [0.1, 0.15) is 124 Å². The van der Waals surface area contributed by atoms with Crippen LogP contribution in [0.25, 0.3) is 0 Å². The van der Waals surface area contributed by atoms with Crippen molar-refractivity contribution in [3.63, 3.8) is 0 Å². The number of H-pyrrole nitrogens is 1. The van der Waals surface area contributed by atoms with Crippen molar-refractivity contribution in [1.29, 1.82) is 0 Å². The van der Waals surface area contributed by atoms with Crippen LogP contribution in [0, 0.1) is 56.2 Å². The van der Waals surface area contributed by atoms with Gasteiger partial charge in [-0.05, 0) is 133 Å². The van der Waals surface area contributed by atoms with Gasteiger partial charge >= 0.3 is 11.9 Å². The molecular weight excluding hydrogens is 702 g/mol. The molecule has 55 heavy (non-hydrogen) atoms. The summed E-state index contributed by atoms with van der Waals surface area (Å²) in [4.78, 5) is 41.4. The maximum atomic E-state index is 13.4. The molecule has 0 spiro atoms. The Balaban J connectivity index is 1.28. The second kappa shape index (κ2) is 13.8. The summed E-state index contributed by atoms with van der Waals surface area (Å²) in [5.41, 5.74) is 1.73. The van der Waals surface area contributed by atoms with Gasteiger partial charge in [0.2, 0.25) is 0 Å². The number of aromatic nitrogens is 1. The number of aryl methyl sites for hydroxylation is 2. The molecule has 11 nitrogen and oxygen atoms in total. The number of hydrogen-bond acceptors (Lipinski definition) is 8. The number of aliphatic hydroxyl groups excluding tert-OH is 3. The number of rotatable bonds is 9. The molecule has 0 radical (unpaired) electrons. The van der Waals surface area contributed by atoms with E-state index in [-0.39, 0.29) is 39.4 Å². The van der Waals surface area contributed by atoms with Gasteiger partial charge in [0.05, 0.1) is 11.5 Å². The molecule has 306 valence electrons. The number of hydrogen-bond donors (Lipinski definition) is 6. The normalized spacial score (nSPS) is 45.9. The van der Waals surface area contributed by atoms with Crippen LogP contribution in [0.3, 0.4) is 0 Å². The minimum Gasteiger partial charge on any atom is -0.481 e. The van der Waals surface area contributed by atoms with Gasteiger partial charge < -0.3 is 44.8 Å². The maximum absolute atomic E-state index is 13.4. The molecule has 6 N–H and O–H groups in total. The molecule has 1 aliphatic heterocycles. The average Bonchev–Trinajstić information content (AvgIpc) is 3.59. The molecule has 1 aromatic heterocycles. The first-order valence-electron chi connectivity index (χ1n) is 20.9. The molecule has 14 atom stereocenters. The van der Waals surface area contributed by atoms with Crippen molar-refractivity contribution in [3.05, 3.63) is 35.2 Å².